The van der Waals surface area contributed by atoms with Crippen molar-refractivity contribution in [2.24, 2.45) is 0 Å². The van der Waals surface area contributed by atoms with Gasteiger partial charge in [-0.3, -0.25) is 0 Å². The van der Waals surface area contributed by atoms with Crippen molar-refractivity contribution >= 4 is 11.8 Å². The second-order valence-corrected chi connectivity index (χ2v) is 4.83. The molecule has 2 rings (SSSR count). The average molecular weight is 248 g/mol. The number of phenolic OH excluding ortho intramolecular Hbond substituents is 1. The molecule has 0 aliphatic carbocycles. The first-order chi connectivity index (χ1) is 8.19. The van der Waals surface area contributed by atoms with Crippen LogP contribution in [0.2, 0.25) is 0 Å². The fourth-order valence-corrected chi connectivity index (χ4v) is 2.31. The maximum absolute atomic E-state index is 13.7. The molecule has 0 aromatic heterocycles. The number of aromatic hydroxyl groups is 1. The van der Waals surface area contributed by atoms with Crippen LogP contribution in [0.15, 0.2) is 52.3 Å². The van der Waals surface area contributed by atoms with Gasteiger partial charge in [-0.15, -0.1) is 0 Å². The fraction of sp³-hybridized carbons (Fsp3) is 0.143. The van der Waals surface area contributed by atoms with Gasteiger partial charge in [0.1, 0.15) is 11.6 Å². The lowest BCUT2D eigenvalue weighted by Crippen LogP contribution is -1.85. The van der Waals surface area contributed by atoms with E-state index in [1.165, 1.54) is 11.8 Å². The molecule has 2 aromatic carbocycles. The number of hydrogen-bond acceptors (Lipinski definition) is 2. The molecular formula is C14H13FOS. The van der Waals surface area contributed by atoms with E-state index in [1.807, 2.05) is 13.0 Å². The van der Waals surface area contributed by atoms with Crippen LogP contribution >= 0.6 is 11.8 Å². The maximum atomic E-state index is 13.7. The van der Waals surface area contributed by atoms with E-state index in [0.717, 1.165) is 16.9 Å². The Morgan fingerprint density at radius 2 is 1.82 bits per heavy atom. The Labute approximate surface area is 104 Å². The van der Waals surface area contributed by atoms with Gasteiger partial charge in [0.2, 0.25) is 0 Å². The SMILES string of the molecule is CCc1ccc(Sc2ccc(O)cc2)c(F)c1. The zero-order valence-electron chi connectivity index (χ0n) is 9.48. The Morgan fingerprint density at radius 1 is 1.12 bits per heavy atom. The van der Waals surface area contributed by atoms with Crippen molar-refractivity contribution in [2.45, 2.75) is 23.1 Å². The first kappa shape index (κ1) is 12.0. The molecule has 88 valence electrons. The Balaban J connectivity index is 2.21. The van der Waals surface area contributed by atoms with Crippen LogP contribution in [0.3, 0.4) is 0 Å². The molecular weight excluding hydrogens is 235 g/mol. The van der Waals surface area contributed by atoms with Crippen LogP contribution in [0.25, 0.3) is 0 Å². The molecule has 0 saturated carbocycles. The van der Waals surface area contributed by atoms with E-state index in [4.69, 9.17) is 5.11 Å². The van der Waals surface area contributed by atoms with Crippen molar-refractivity contribution in [2.75, 3.05) is 0 Å². The summed E-state index contributed by atoms with van der Waals surface area (Å²) in [4.78, 5) is 1.51. The summed E-state index contributed by atoms with van der Waals surface area (Å²) in [5, 5.41) is 9.16. The molecule has 1 N–H and O–H groups in total. The molecule has 0 atom stereocenters. The van der Waals surface area contributed by atoms with Crippen molar-refractivity contribution in [1.82, 2.24) is 0 Å². The summed E-state index contributed by atoms with van der Waals surface area (Å²) in [5.41, 5.74) is 0.998. The van der Waals surface area contributed by atoms with E-state index in [2.05, 4.69) is 0 Å². The number of hydrogen-bond donors (Lipinski definition) is 1. The minimum atomic E-state index is -0.192. The summed E-state index contributed by atoms with van der Waals surface area (Å²) in [6.45, 7) is 2.00. The monoisotopic (exact) mass is 248 g/mol. The molecule has 0 radical (unpaired) electrons. The van der Waals surface area contributed by atoms with Crippen LogP contribution in [0, 0.1) is 5.82 Å². The third-order valence-electron chi connectivity index (χ3n) is 2.47. The second kappa shape index (κ2) is 5.23. The van der Waals surface area contributed by atoms with Crippen LogP contribution in [-0.2, 0) is 6.42 Å². The highest BCUT2D eigenvalue weighted by Crippen LogP contribution is 2.31. The first-order valence-electron chi connectivity index (χ1n) is 5.44. The van der Waals surface area contributed by atoms with E-state index >= 15 is 0 Å². The summed E-state index contributed by atoms with van der Waals surface area (Å²) in [5.74, 6) is 0.0265. The summed E-state index contributed by atoms with van der Waals surface area (Å²) >= 11 is 1.36. The van der Waals surface area contributed by atoms with Crippen LogP contribution in [-0.4, -0.2) is 5.11 Å². The normalized spacial score (nSPS) is 10.5. The molecule has 0 amide bonds. The van der Waals surface area contributed by atoms with Crippen LogP contribution in [0.4, 0.5) is 4.39 Å². The largest absolute Gasteiger partial charge is 0.508 e. The molecule has 1 nitrogen and oxygen atoms in total. The average Bonchev–Trinajstić information content (AvgIpc) is 2.34. The number of benzene rings is 2. The van der Waals surface area contributed by atoms with Crippen LogP contribution in [0.1, 0.15) is 12.5 Å². The van der Waals surface area contributed by atoms with Gasteiger partial charge in [0.05, 0.1) is 0 Å². The van der Waals surface area contributed by atoms with Crippen molar-refractivity contribution in [3.8, 4) is 5.75 Å². The Kier molecular flexibility index (Phi) is 3.69. The van der Waals surface area contributed by atoms with Gasteiger partial charge >= 0.3 is 0 Å². The van der Waals surface area contributed by atoms with E-state index < -0.39 is 0 Å². The summed E-state index contributed by atoms with van der Waals surface area (Å²) in [6, 6.07) is 12.0. The Hall–Kier alpha value is -1.48. The quantitative estimate of drug-likeness (QED) is 0.876. The van der Waals surface area contributed by atoms with Crippen LogP contribution in [0.5, 0.6) is 5.75 Å². The van der Waals surface area contributed by atoms with Gasteiger partial charge in [0.15, 0.2) is 0 Å². The van der Waals surface area contributed by atoms with Gasteiger partial charge in [-0.05, 0) is 48.4 Å². The van der Waals surface area contributed by atoms with Crippen molar-refractivity contribution in [3.63, 3.8) is 0 Å². The third-order valence-corrected chi connectivity index (χ3v) is 3.53. The highest BCUT2D eigenvalue weighted by Gasteiger charge is 2.05. The predicted octanol–water partition coefficient (Wildman–Crippen LogP) is 4.24. The standard InChI is InChI=1S/C14H13FOS/c1-2-10-3-8-14(13(15)9-10)17-12-6-4-11(16)5-7-12/h3-9,16H,2H2,1H3. The topological polar surface area (TPSA) is 20.2 Å². The third kappa shape index (κ3) is 3.01. The van der Waals surface area contributed by atoms with Gasteiger partial charge < -0.3 is 5.11 Å². The lowest BCUT2D eigenvalue weighted by atomic mass is 10.2. The molecule has 3 heteroatoms. The Morgan fingerprint density at radius 3 is 2.41 bits per heavy atom. The molecule has 0 bridgehead atoms. The van der Waals surface area contributed by atoms with Gasteiger partial charge in [0.25, 0.3) is 0 Å². The lowest BCUT2D eigenvalue weighted by molar-refractivity contribution is 0.475. The second-order valence-electron chi connectivity index (χ2n) is 3.71. The maximum Gasteiger partial charge on any atom is 0.137 e. The highest BCUT2D eigenvalue weighted by atomic mass is 32.2. The molecule has 0 unspecified atom stereocenters. The molecule has 0 aliphatic heterocycles. The summed E-state index contributed by atoms with van der Waals surface area (Å²) in [7, 11) is 0. The lowest BCUT2D eigenvalue weighted by Gasteiger charge is -2.05. The summed E-state index contributed by atoms with van der Waals surface area (Å²) < 4.78 is 13.7. The number of aryl methyl sites for hydroxylation is 1. The van der Waals surface area contributed by atoms with Crippen molar-refractivity contribution in [1.29, 1.82) is 0 Å². The van der Waals surface area contributed by atoms with Gasteiger partial charge in [-0.1, -0.05) is 24.8 Å². The zero-order chi connectivity index (χ0) is 12.3. The number of halogens is 1. The number of phenols is 1. The molecule has 0 fully saturated rings. The highest BCUT2D eigenvalue weighted by molar-refractivity contribution is 7.99. The minimum absolute atomic E-state index is 0.192. The Bertz CT molecular complexity index is 508. The fourth-order valence-electron chi connectivity index (χ4n) is 1.49. The first-order valence-corrected chi connectivity index (χ1v) is 6.26. The molecule has 0 heterocycles. The van der Waals surface area contributed by atoms with Crippen molar-refractivity contribution < 1.29 is 9.50 Å². The molecule has 0 aliphatic rings. The molecule has 0 saturated heterocycles. The minimum Gasteiger partial charge on any atom is -0.508 e. The van der Waals surface area contributed by atoms with Gasteiger partial charge in [-0.2, -0.15) is 0 Å². The van der Waals surface area contributed by atoms with Gasteiger partial charge in [0, 0.05) is 9.79 Å². The van der Waals surface area contributed by atoms with E-state index in [0.29, 0.717) is 4.90 Å². The van der Waals surface area contributed by atoms with E-state index in [1.54, 1.807) is 36.4 Å². The molecule has 2 aromatic rings. The van der Waals surface area contributed by atoms with E-state index in [-0.39, 0.29) is 11.6 Å². The molecule has 0 spiro atoms. The summed E-state index contributed by atoms with van der Waals surface area (Å²) in [6.07, 6.45) is 0.834. The van der Waals surface area contributed by atoms with Gasteiger partial charge in [-0.25, -0.2) is 4.39 Å². The smallest absolute Gasteiger partial charge is 0.137 e. The van der Waals surface area contributed by atoms with E-state index in [9.17, 15) is 4.39 Å². The molecule has 17 heavy (non-hydrogen) atoms. The van der Waals surface area contributed by atoms with Crippen molar-refractivity contribution in [3.05, 3.63) is 53.8 Å². The zero-order valence-corrected chi connectivity index (χ0v) is 10.3. The predicted molar refractivity (Wildman–Crippen MR) is 68.0 cm³/mol. The number of rotatable bonds is 3. The van der Waals surface area contributed by atoms with Crippen LogP contribution < -0.4 is 0 Å².